The highest BCUT2D eigenvalue weighted by atomic mass is 19.1. The van der Waals surface area contributed by atoms with E-state index >= 15 is 4.39 Å². The van der Waals surface area contributed by atoms with Gasteiger partial charge in [-0.15, -0.1) is 0 Å². The van der Waals surface area contributed by atoms with Crippen LogP contribution in [0.1, 0.15) is 33.5 Å². The van der Waals surface area contributed by atoms with Crippen molar-refractivity contribution in [3.8, 4) is 16.8 Å². The Morgan fingerprint density at radius 1 is 1.03 bits per heavy atom. The third-order valence-corrected chi connectivity index (χ3v) is 7.42. The van der Waals surface area contributed by atoms with Gasteiger partial charge in [0.2, 0.25) is 0 Å². The molecular weight excluding hydrogens is 485 g/mol. The van der Waals surface area contributed by atoms with Gasteiger partial charge in [0.25, 0.3) is 0 Å². The molecular formula is C28H32FN7O2. The first-order valence-electron chi connectivity index (χ1n) is 12.6. The smallest absolute Gasteiger partial charge is 0.328 e. The maximum Gasteiger partial charge on any atom is 0.328 e. The first kappa shape index (κ1) is 24.4. The van der Waals surface area contributed by atoms with Crippen molar-refractivity contribution in [2.45, 2.75) is 38.7 Å². The molecule has 0 atom stereocenters. The fourth-order valence-corrected chi connectivity index (χ4v) is 5.57. The number of aliphatic hydroxyl groups is 1. The summed E-state index contributed by atoms with van der Waals surface area (Å²) in [6.45, 7) is 8.94. The molecule has 0 radical (unpaired) electrons. The fourth-order valence-electron chi connectivity index (χ4n) is 5.57. The van der Waals surface area contributed by atoms with Crippen LogP contribution in [0.15, 0.2) is 41.5 Å². The van der Waals surface area contributed by atoms with Crippen molar-refractivity contribution in [2.75, 3.05) is 18.0 Å². The van der Waals surface area contributed by atoms with Crippen molar-refractivity contribution < 1.29 is 9.50 Å². The monoisotopic (exact) mass is 517 g/mol. The molecule has 10 heteroatoms. The first-order valence-corrected chi connectivity index (χ1v) is 12.6. The van der Waals surface area contributed by atoms with Crippen LogP contribution in [0.4, 0.5) is 10.1 Å². The van der Waals surface area contributed by atoms with E-state index in [1.54, 1.807) is 60.3 Å². The minimum atomic E-state index is -0.792. The SMILES string of the molecule is Cn1cc(-c2cc3nc(C(C)(C)C)n(-c4cc(N5CC(C)(O)C5)c5c(c4)n(C)c(=O)n5C)c3cc2F)cn1. The van der Waals surface area contributed by atoms with Crippen molar-refractivity contribution in [1.82, 2.24) is 28.5 Å². The van der Waals surface area contributed by atoms with E-state index in [9.17, 15) is 9.90 Å². The molecule has 5 aromatic rings. The van der Waals surface area contributed by atoms with Gasteiger partial charge in [0.1, 0.15) is 11.6 Å². The highest BCUT2D eigenvalue weighted by Crippen LogP contribution is 2.38. The summed E-state index contributed by atoms with van der Waals surface area (Å²) in [7, 11) is 5.31. The fraction of sp³-hybridized carbons (Fsp3) is 0.393. The molecule has 2 aromatic carbocycles. The zero-order valence-electron chi connectivity index (χ0n) is 22.7. The van der Waals surface area contributed by atoms with Crippen molar-refractivity contribution in [3.63, 3.8) is 0 Å². The molecule has 3 aromatic heterocycles. The molecule has 1 fully saturated rings. The van der Waals surface area contributed by atoms with Crippen LogP contribution in [-0.2, 0) is 26.6 Å². The van der Waals surface area contributed by atoms with Gasteiger partial charge < -0.3 is 10.0 Å². The third-order valence-electron chi connectivity index (χ3n) is 7.42. The number of fused-ring (bicyclic) bond motifs is 2. The van der Waals surface area contributed by atoms with Gasteiger partial charge in [-0.3, -0.25) is 18.4 Å². The second-order valence-corrected chi connectivity index (χ2v) is 11.8. The maximum atomic E-state index is 15.6. The highest BCUT2D eigenvalue weighted by Gasteiger charge is 2.38. The predicted molar refractivity (Wildman–Crippen MR) is 146 cm³/mol. The molecule has 38 heavy (non-hydrogen) atoms. The average molecular weight is 518 g/mol. The number of anilines is 1. The lowest BCUT2D eigenvalue weighted by Gasteiger charge is -2.46. The van der Waals surface area contributed by atoms with Gasteiger partial charge in [0.15, 0.2) is 0 Å². The molecule has 6 rings (SSSR count). The van der Waals surface area contributed by atoms with Gasteiger partial charge in [-0.2, -0.15) is 5.10 Å². The Balaban J connectivity index is 1.65. The summed E-state index contributed by atoms with van der Waals surface area (Å²) < 4.78 is 22.5. The second kappa shape index (κ2) is 7.80. The normalized spacial score (nSPS) is 15.6. The van der Waals surface area contributed by atoms with Crippen LogP contribution in [0.2, 0.25) is 0 Å². The lowest BCUT2D eigenvalue weighted by molar-refractivity contribution is 0.0312. The number of halogens is 1. The van der Waals surface area contributed by atoms with Gasteiger partial charge in [-0.25, -0.2) is 14.2 Å². The Kier molecular flexibility index (Phi) is 5.01. The Labute approximate surface area is 219 Å². The number of hydrogen-bond donors (Lipinski definition) is 1. The average Bonchev–Trinajstić information content (AvgIpc) is 3.47. The van der Waals surface area contributed by atoms with E-state index in [0.717, 1.165) is 28.2 Å². The lowest BCUT2D eigenvalue weighted by atomic mass is 9.95. The van der Waals surface area contributed by atoms with Crippen molar-refractivity contribution >= 4 is 27.8 Å². The van der Waals surface area contributed by atoms with E-state index in [0.29, 0.717) is 35.2 Å². The highest BCUT2D eigenvalue weighted by molar-refractivity contribution is 5.94. The van der Waals surface area contributed by atoms with E-state index in [4.69, 9.17) is 4.98 Å². The summed E-state index contributed by atoms with van der Waals surface area (Å²) in [6, 6.07) is 7.28. The van der Waals surface area contributed by atoms with Crippen LogP contribution in [0, 0.1) is 5.82 Å². The summed E-state index contributed by atoms with van der Waals surface area (Å²) in [5.41, 5.74) is 4.33. The second-order valence-electron chi connectivity index (χ2n) is 11.8. The first-order chi connectivity index (χ1) is 17.7. The summed E-state index contributed by atoms with van der Waals surface area (Å²) in [5, 5.41) is 14.7. The van der Waals surface area contributed by atoms with Gasteiger partial charge in [0, 0.05) is 63.0 Å². The minimum Gasteiger partial charge on any atom is -0.386 e. The number of imidazole rings is 2. The summed E-state index contributed by atoms with van der Waals surface area (Å²) >= 11 is 0. The van der Waals surface area contributed by atoms with E-state index in [1.807, 2.05) is 16.7 Å². The molecule has 0 saturated carbocycles. The number of aromatic nitrogens is 6. The van der Waals surface area contributed by atoms with E-state index in [1.165, 1.54) is 6.07 Å². The van der Waals surface area contributed by atoms with Gasteiger partial charge in [-0.05, 0) is 25.1 Å². The van der Waals surface area contributed by atoms with Crippen LogP contribution in [0.5, 0.6) is 0 Å². The maximum absolute atomic E-state index is 15.6. The molecule has 0 aliphatic carbocycles. The molecule has 0 amide bonds. The predicted octanol–water partition coefficient (Wildman–Crippen LogP) is 3.62. The molecule has 0 unspecified atom stereocenters. The molecule has 1 aliphatic rings. The number of β-amino-alcohol motifs (C(OH)–C–C–N with tert-alkyl or cyclic N) is 1. The summed E-state index contributed by atoms with van der Waals surface area (Å²) in [4.78, 5) is 20.0. The quantitative estimate of drug-likeness (QED) is 0.395. The van der Waals surface area contributed by atoms with Crippen LogP contribution < -0.4 is 10.6 Å². The molecule has 1 aliphatic heterocycles. The van der Waals surface area contributed by atoms with Crippen LogP contribution in [-0.4, -0.2) is 52.3 Å². The Bertz CT molecular complexity index is 1810. The van der Waals surface area contributed by atoms with Gasteiger partial charge in [0.05, 0.1) is 45.2 Å². The topological polar surface area (TPSA) is 86.0 Å². The molecule has 4 heterocycles. The standard InChI is InChI=1S/C28H32FN7O2/c1-27(2,3)25-31-20-10-18(16-12-30-32(5)13-16)19(29)11-21(20)36(25)17-8-22-24(34(7)26(37)33(22)6)23(9-17)35-14-28(4,38)15-35/h8-13,38H,14-15H2,1-7H3. The number of hydrogen-bond acceptors (Lipinski definition) is 5. The summed E-state index contributed by atoms with van der Waals surface area (Å²) in [6.07, 6.45) is 3.42. The Morgan fingerprint density at radius 3 is 2.34 bits per heavy atom. The molecule has 198 valence electrons. The van der Waals surface area contributed by atoms with Crippen molar-refractivity contribution in [2.24, 2.45) is 21.1 Å². The zero-order chi connectivity index (χ0) is 27.3. The van der Waals surface area contributed by atoms with Crippen LogP contribution >= 0.6 is 0 Å². The number of nitrogens with zero attached hydrogens (tertiary/aromatic N) is 7. The minimum absolute atomic E-state index is 0.135. The third kappa shape index (κ3) is 3.58. The van der Waals surface area contributed by atoms with E-state index < -0.39 is 5.60 Å². The lowest BCUT2D eigenvalue weighted by Crippen LogP contribution is -2.60. The van der Waals surface area contributed by atoms with Gasteiger partial charge >= 0.3 is 5.69 Å². The number of rotatable bonds is 3. The molecule has 1 N–H and O–H groups in total. The summed E-state index contributed by atoms with van der Waals surface area (Å²) in [5.74, 6) is 0.413. The molecule has 0 bridgehead atoms. The van der Waals surface area contributed by atoms with Crippen molar-refractivity contribution in [3.05, 3.63) is 58.8 Å². The number of benzene rings is 2. The Morgan fingerprint density at radius 2 is 1.74 bits per heavy atom. The van der Waals surface area contributed by atoms with Gasteiger partial charge in [-0.1, -0.05) is 20.8 Å². The van der Waals surface area contributed by atoms with Crippen LogP contribution in [0.3, 0.4) is 0 Å². The molecule has 9 nitrogen and oxygen atoms in total. The molecule has 1 saturated heterocycles. The number of aryl methyl sites for hydroxylation is 3. The van der Waals surface area contributed by atoms with E-state index in [2.05, 4.69) is 30.8 Å². The zero-order valence-corrected chi connectivity index (χ0v) is 22.7. The molecule has 0 spiro atoms. The largest absolute Gasteiger partial charge is 0.386 e. The van der Waals surface area contributed by atoms with Crippen LogP contribution in [0.25, 0.3) is 38.9 Å². The van der Waals surface area contributed by atoms with E-state index in [-0.39, 0.29) is 16.9 Å². The van der Waals surface area contributed by atoms with Crippen molar-refractivity contribution in [1.29, 1.82) is 0 Å². The Hall–Kier alpha value is -3.92.